The van der Waals surface area contributed by atoms with Gasteiger partial charge in [0.1, 0.15) is 11.5 Å². The third-order valence-corrected chi connectivity index (χ3v) is 1.79. The number of alkyl halides is 2. The van der Waals surface area contributed by atoms with Gasteiger partial charge < -0.3 is 9.84 Å². The van der Waals surface area contributed by atoms with Crippen LogP contribution in [0.2, 0.25) is 0 Å². The van der Waals surface area contributed by atoms with E-state index in [2.05, 4.69) is 20.7 Å². The maximum absolute atomic E-state index is 11.7. The van der Waals surface area contributed by atoms with Crippen molar-refractivity contribution in [1.82, 2.24) is 0 Å². The minimum absolute atomic E-state index is 0.0787. The Bertz CT molecular complexity index is 278. The molecule has 0 aliphatic rings. The molecule has 1 aromatic rings. The van der Waals surface area contributed by atoms with Gasteiger partial charge in [0.25, 0.3) is 0 Å². The maximum Gasteiger partial charge on any atom is 0.387 e. The first kappa shape index (κ1) is 9.25. The summed E-state index contributed by atoms with van der Waals surface area (Å²) in [5.74, 6) is -0.196. The van der Waals surface area contributed by atoms with Gasteiger partial charge in [-0.05, 0) is 28.1 Å². The number of benzene rings is 1. The summed E-state index contributed by atoms with van der Waals surface area (Å²) in [5, 5.41) is 8.90. The molecule has 0 spiro atoms. The van der Waals surface area contributed by atoms with E-state index in [9.17, 15) is 8.78 Å². The molecular weight excluding hydrogens is 234 g/mol. The van der Waals surface area contributed by atoms with Crippen LogP contribution in [0.15, 0.2) is 22.7 Å². The molecule has 1 N–H and O–H groups in total. The van der Waals surface area contributed by atoms with Gasteiger partial charge in [-0.15, -0.1) is 0 Å². The van der Waals surface area contributed by atoms with Crippen molar-refractivity contribution in [2.75, 3.05) is 0 Å². The number of phenolic OH excluding ortho intramolecular Hbond substituents is 1. The van der Waals surface area contributed by atoms with Crippen LogP contribution in [0.3, 0.4) is 0 Å². The van der Waals surface area contributed by atoms with E-state index in [4.69, 9.17) is 5.11 Å². The highest BCUT2D eigenvalue weighted by atomic mass is 79.9. The Morgan fingerprint density at radius 3 is 2.67 bits per heavy atom. The fraction of sp³-hybridized carbons (Fsp3) is 0.143. The van der Waals surface area contributed by atoms with E-state index in [1.165, 1.54) is 12.1 Å². The van der Waals surface area contributed by atoms with Gasteiger partial charge >= 0.3 is 6.61 Å². The second-order valence-electron chi connectivity index (χ2n) is 1.99. The molecule has 0 aliphatic heterocycles. The first-order valence-electron chi connectivity index (χ1n) is 3.03. The number of hydrogen-bond acceptors (Lipinski definition) is 2. The Kier molecular flexibility index (Phi) is 2.86. The predicted octanol–water partition coefficient (Wildman–Crippen LogP) is 2.76. The molecule has 1 rings (SSSR count). The van der Waals surface area contributed by atoms with Crippen LogP contribution in [0, 0.1) is 0 Å². The second kappa shape index (κ2) is 3.71. The van der Waals surface area contributed by atoms with E-state index < -0.39 is 6.61 Å². The van der Waals surface area contributed by atoms with Crippen LogP contribution in [0.4, 0.5) is 8.78 Å². The lowest BCUT2D eigenvalue weighted by atomic mass is 10.3. The van der Waals surface area contributed by atoms with Gasteiger partial charge in [0.2, 0.25) is 0 Å². The van der Waals surface area contributed by atoms with Gasteiger partial charge in [-0.25, -0.2) is 0 Å². The Labute approximate surface area is 75.9 Å². The Morgan fingerprint density at radius 2 is 2.08 bits per heavy atom. The minimum Gasteiger partial charge on any atom is -0.508 e. The lowest BCUT2D eigenvalue weighted by Crippen LogP contribution is -2.02. The summed E-state index contributed by atoms with van der Waals surface area (Å²) in [6, 6.07) is 3.89. The zero-order chi connectivity index (χ0) is 9.14. The Morgan fingerprint density at radius 1 is 1.42 bits per heavy atom. The molecule has 0 saturated carbocycles. The summed E-state index contributed by atoms with van der Waals surface area (Å²) in [6.07, 6.45) is 0. The third-order valence-electron chi connectivity index (χ3n) is 1.13. The molecule has 0 bridgehead atoms. The van der Waals surface area contributed by atoms with E-state index in [-0.39, 0.29) is 11.5 Å². The lowest BCUT2D eigenvalue weighted by molar-refractivity contribution is -0.0504. The van der Waals surface area contributed by atoms with E-state index in [1.807, 2.05) is 0 Å². The van der Waals surface area contributed by atoms with Crippen molar-refractivity contribution in [3.63, 3.8) is 0 Å². The van der Waals surface area contributed by atoms with Gasteiger partial charge in [0.15, 0.2) is 0 Å². The molecule has 0 unspecified atom stereocenters. The molecule has 0 amide bonds. The van der Waals surface area contributed by atoms with Crippen molar-refractivity contribution in [3.05, 3.63) is 22.7 Å². The zero-order valence-corrected chi connectivity index (χ0v) is 7.38. The monoisotopic (exact) mass is 238 g/mol. The summed E-state index contributed by atoms with van der Waals surface area (Å²) in [7, 11) is 0. The SMILES string of the molecule is Oc1ccc(Br)c(OC(F)F)c1. The molecular formula is C7H5BrF2O2. The normalized spacial score (nSPS) is 10.3. The highest BCUT2D eigenvalue weighted by Crippen LogP contribution is 2.29. The molecule has 5 heteroatoms. The van der Waals surface area contributed by atoms with Gasteiger partial charge in [-0.3, -0.25) is 0 Å². The third kappa shape index (κ3) is 2.34. The molecule has 0 fully saturated rings. The van der Waals surface area contributed by atoms with Crippen LogP contribution < -0.4 is 4.74 Å². The lowest BCUT2D eigenvalue weighted by Gasteiger charge is -2.06. The quantitative estimate of drug-likeness (QED) is 0.859. The van der Waals surface area contributed by atoms with Gasteiger partial charge in [-0.1, -0.05) is 0 Å². The van der Waals surface area contributed by atoms with Crippen molar-refractivity contribution in [2.45, 2.75) is 6.61 Å². The van der Waals surface area contributed by atoms with E-state index in [0.717, 1.165) is 6.07 Å². The predicted molar refractivity (Wildman–Crippen MR) is 42.4 cm³/mol. The zero-order valence-electron chi connectivity index (χ0n) is 5.80. The van der Waals surface area contributed by atoms with Crippen molar-refractivity contribution < 1.29 is 18.6 Å². The molecule has 0 aromatic heterocycles. The minimum atomic E-state index is -2.89. The molecule has 0 atom stereocenters. The van der Waals surface area contributed by atoms with Gasteiger partial charge in [0, 0.05) is 6.07 Å². The summed E-state index contributed by atoms with van der Waals surface area (Å²) >= 11 is 2.99. The van der Waals surface area contributed by atoms with Gasteiger partial charge in [0.05, 0.1) is 4.47 Å². The largest absolute Gasteiger partial charge is 0.508 e. The number of halogens is 3. The summed E-state index contributed by atoms with van der Waals surface area (Å²) < 4.78 is 27.9. The van der Waals surface area contributed by atoms with Crippen LogP contribution in [0.25, 0.3) is 0 Å². The van der Waals surface area contributed by atoms with E-state index in [1.54, 1.807) is 0 Å². The van der Waals surface area contributed by atoms with Crippen molar-refractivity contribution >= 4 is 15.9 Å². The van der Waals surface area contributed by atoms with Crippen LogP contribution in [0.1, 0.15) is 0 Å². The number of hydrogen-bond donors (Lipinski definition) is 1. The molecule has 0 heterocycles. The fourth-order valence-corrected chi connectivity index (χ4v) is 1.02. The smallest absolute Gasteiger partial charge is 0.387 e. The number of ether oxygens (including phenoxy) is 1. The highest BCUT2D eigenvalue weighted by molar-refractivity contribution is 9.10. The van der Waals surface area contributed by atoms with Gasteiger partial charge in [-0.2, -0.15) is 8.78 Å². The van der Waals surface area contributed by atoms with Crippen LogP contribution in [0.5, 0.6) is 11.5 Å². The van der Waals surface area contributed by atoms with Crippen molar-refractivity contribution in [1.29, 1.82) is 0 Å². The average Bonchev–Trinajstić information content (AvgIpc) is 1.96. The molecule has 0 saturated heterocycles. The molecule has 1 aromatic carbocycles. The fourth-order valence-electron chi connectivity index (χ4n) is 0.678. The Hall–Kier alpha value is -0.840. The summed E-state index contributed by atoms with van der Waals surface area (Å²) in [5.41, 5.74) is 0. The van der Waals surface area contributed by atoms with E-state index >= 15 is 0 Å². The molecule has 0 radical (unpaired) electrons. The van der Waals surface area contributed by atoms with Crippen LogP contribution in [-0.2, 0) is 0 Å². The topological polar surface area (TPSA) is 29.5 Å². The van der Waals surface area contributed by atoms with Crippen molar-refractivity contribution in [2.24, 2.45) is 0 Å². The molecule has 2 nitrogen and oxygen atoms in total. The van der Waals surface area contributed by atoms with E-state index in [0.29, 0.717) is 4.47 Å². The highest BCUT2D eigenvalue weighted by Gasteiger charge is 2.08. The van der Waals surface area contributed by atoms with Crippen LogP contribution in [-0.4, -0.2) is 11.7 Å². The average molecular weight is 239 g/mol. The molecule has 0 aliphatic carbocycles. The molecule has 66 valence electrons. The summed E-state index contributed by atoms with van der Waals surface area (Å²) in [4.78, 5) is 0. The standard InChI is InChI=1S/C7H5BrF2O2/c8-5-2-1-4(11)3-6(5)12-7(9)10/h1-3,7,11H. The number of aromatic hydroxyl groups is 1. The van der Waals surface area contributed by atoms with Crippen LogP contribution >= 0.6 is 15.9 Å². The second-order valence-corrected chi connectivity index (χ2v) is 2.85. The number of phenols is 1. The molecule has 12 heavy (non-hydrogen) atoms. The number of rotatable bonds is 2. The first-order chi connectivity index (χ1) is 5.59. The first-order valence-corrected chi connectivity index (χ1v) is 3.82. The summed E-state index contributed by atoms with van der Waals surface area (Å²) in [6.45, 7) is -2.89. The maximum atomic E-state index is 11.7. The van der Waals surface area contributed by atoms with Crippen molar-refractivity contribution in [3.8, 4) is 11.5 Å². The Balaban J connectivity index is 2.90.